The van der Waals surface area contributed by atoms with Crippen LogP contribution in [0, 0.1) is 0 Å². The summed E-state index contributed by atoms with van der Waals surface area (Å²) in [6, 6.07) is 6.37. The fraction of sp³-hybridized carbons (Fsp3) is 0.524. The van der Waals surface area contributed by atoms with Crippen LogP contribution in [0.3, 0.4) is 0 Å². The molecule has 0 N–H and O–H groups in total. The molecule has 1 aromatic carbocycles. The monoisotopic (exact) mass is 325 g/mol. The van der Waals surface area contributed by atoms with Gasteiger partial charge in [0.1, 0.15) is 0 Å². The van der Waals surface area contributed by atoms with Crippen LogP contribution in [0.2, 0.25) is 0 Å². The maximum atomic E-state index is 12.2. The second-order valence-electron chi connectivity index (χ2n) is 6.99. The molecule has 2 amide bonds. The van der Waals surface area contributed by atoms with Crippen LogP contribution in [-0.2, 0) is 16.0 Å². The first-order valence-corrected chi connectivity index (χ1v) is 9.34. The van der Waals surface area contributed by atoms with Crippen LogP contribution in [-0.4, -0.2) is 16.7 Å². The zero-order chi connectivity index (χ0) is 17.1. The molecule has 1 aromatic rings. The molecule has 0 radical (unpaired) electrons. The zero-order valence-corrected chi connectivity index (χ0v) is 14.8. The van der Waals surface area contributed by atoms with Crippen molar-refractivity contribution in [3.8, 4) is 0 Å². The Kier molecular flexibility index (Phi) is 5.17. The molecule has 3 heteroatoms. The molecule has 0 unspecified atom stereocenters. The Morgan fingerprint density at radius 2 is 1.75 bits per heavy atom. The number of nitrogens with zero attached hydrogens (tertiary/aromatic N) is 1. The van der Waals surface area contributed by atoms with Gasteiger partial charge in [0.25, 0.3) is 11.8 Å². The Morgan fingerprint density at radius 1 is 1.04 bits per heavy atom. The fourth-order valence-corrected chi connectivity index (χ4v) is 4.20. The number of hydrogen-bond acceptors (Lipinski definition) is 2. The van der Waals surface area contributed by atoms with E-state index in [2.05, 4.69) is 32.0 Å². The lowest BCUT2D eigenvalue weighted by Crippen LogP contribution is -2.33. The molecule has 0 spiro atoms. The van der Waals surface area contributed by atoms with E-state index in [1.54, 1.807) is 0 Å². The third-order valence-electron chi connectivity index (χ3n) is 5.37. The number of hydrogen-bond donors (Lipinski definition) is 0. The van der Waals surface area contributed by atoms with E-state index in [0.29, 0.717) is 5.92 Å². The molecule has 2 aliphatic rings. The molecule has 0 saturated heterocycles. The molecule has 0 aromatic heterocycles. The summed E-state index contributed by atoms with van der Waals surface area (Å²) in [7, 11) is 0. The van der Waals surface area contributed by atoms with Crippen molar-refractivity contribution in [2.24, 2.45) is 0 Å². The quantitative estimate of drug-likeness (QED) is 0.683. The number of amides is 2. The number of aryl methyl sites for hydroxylation is 1. The van der Waals surface area contributed by atoms with Crippen LogP contribution >= 0.6 is 0 Å². The average molecular weight is 325 g/mol. The number of carbonyl (C=O) groups is 2. The van der Waals surface area contributed by atoms with E-state index in [1.807, 2.05) is 0 Å². The van der Waals surface area contributed by atoms with E-state index in [1.165, 1.54) is 59.4 Å². The van der Waals surface area contributed by atoms with Gasteiger partial charge >= 0.3 is 0 Å². The van der Waals surface area contributed by atoms with Gasteiger partial charge in [-0.05, 0) is 48.3 Å². The predicted molar refractivity (Wildman–Crippen MR) is 95.7 cm³/mol. The Hall–Kier alpha value is -1.90. The molecule has 2 atom stereocenters. The van der Waals surface area contributed by atoms with Crippen molar-refractivity contribution < 1.29 is 9.59 Å². The highest BCUT2D eigenvalue weighted by molar-refractivity contribution is 6.13. The van der Waals surface area contributed by atoms with E-state index >= 15 is 0 Å². The molecule has 1 aliphatic heterocycles. The summed E-state index contributed by atoms with van der Waals surface area (Å²) in [6.45, 7) is 4.43. The van der Waals surface area contributed by atoms with Crippen LogP contribution in [0.15, 0.2) is 30.4 Å². The van der Waals surface area contributed by atoms with Crippen molar-refractivity contribution >= 4 is 11.8 Å². The van der Waals surface area contributed by atoms with Crippen molar-refractivity contribution in [3.63, 3.8) is 0 Å². The topological polar surface area (TPSA) is 37.4 Å². The molecule has 3 rings (SSSR count). The number of carbonyl (C=O) groups excluding carboxylic acids is 2. The Balaban J connectivity index is 1.96. The Morgan fingerprint density at radius 3 is 2.42 bits per heavy atom. The third-order valence-corrected chi connectivity index (χ3v) is 5.37. The number of imide groups is 1. The SMILES string of the molecule is CCCCc1cccc2c1[C@@H](CCCC)C[C@@H]2N1C(=O)C=CC1=O. The molecule has 128 valence electrons. The minimum absolute atomic E-state index is 0.0848. The fourth-order valence-electron chi connectivity index (χ4n) is 4.20. The first-order chi connectivity index (χ1) is 11.7. The average Bonchev–Trinajstić information content (AvgIpc) is 3.11. The van der Waals surface area contributed by atoms with E-state index in [-0.39, 0.29) is 17.9 Å². The molecule has 3 nitrogen and oxygen atoms in total. The maximum Gasteiger partial charge on any atom is 0.254 e. The van der Waals surface area contributed by atoms with Crippen LogP contribution < -0.4 is 0 Å². The number of unbranched alkanes of at least 4 members (excludes halogenated alkanes) is 2. The van der Waals surface area contributed by atoms with Gasteiger partial charge in [0.15, 0.2) is 0 Å². The molecule has 1 aliphatic carbocycles. The van der Waals surface area contributed by atoms with Crippen molar-refractivity contribution in [2.75, 3.05) is 0 Å². The third kappa shape index (κ3) is 3.04. The predicted octanol–water partition coefficient (Wildman–Crippen LogP) is 4.67. The van der Waals surface area contributed by atoms with Crippen LogP contribution in [0.1, 0.15) is 81.0 Å². The summed E-state index contributed by atoms with van der Waals surface area (Å²) in [6.07, 6.45) is 10.7. The van der Waals surface area contributed by atoms with Gasteiger partial charge in [0.2, 0.25) is 0 Å². The van der Waals surface area contributed by atoms with Crippen molar-refractivity contribution in [3.05, 3.63) is 47.0 Å². The highest BCUT2D eigenvalue weighted by atomic mass is 16.2. The summed E-state index contributed by atoms with van der Waals surface area (Å²) < 4.78 is 0. The number of benzene rings is 1. The smallest absolute Gasteiger partial charge is 0.254 e. The Bertz CT molecular complexity index is 644. The molecule has 1 heterocycles. The highest BCUT2D eigenvalue weighted by Crippen LogP contribution is 2.48. The van der Waals surface area contributed by atoms with E-state index in [9.17, 15) is 9.59 Å². The first kappa shape index (κ1) is 16.9. The van der Waals surface area contributed by atoms with Gasteiger partial charge in [0.05, 0.1) is 6.04 Å². The minimum atomic E-state index is -0.161. The minimum Gasteiger partial charge on any atom is -0.269 e. The lowest BCUT2D eigenvalue weighted by molar-refractivity contribution is -0.139. The van der Waals surface area contributed by atoms with Gasteiger partial charge in [-0.1, -0.05) is 51.3 Å². The van der Waals surface area contributed by atoms with Crippen LogP contribution in [0.5, 0.6) is 0 Å². The zero-order valence-electron chi connectivity index (χ0n) is 14.8. The Labute approximate surface area is 144 Å². The van der Waals surface area contributed by atoms with Crippen molar-refractivity contribution in [2.45, 2.75) is 70.8 Å². The van der Waals surface area contributed by atoms with Gasteiger partial charge in [-0.3, -0.25) is 14.5 Å². The van der Waals surface area contributed by atoms with Gasteiger partial charge in [-0.25, -0.2) is 0 Å². The van der Waals surface area contributed by atoms with Crippen molar-refractivity contribution in [1.29, 1.82) is 0 Å². The summed E-state index contributed by atoms with van der Waals surface area (Å²) in [5.41, 5.74) is 4.05. The lowest BCUT2D eigenvalue weighted by atomic mass is 9.90. The summed E-state index contributed by atoms with van der Waals surface area (Å²) >= 11 is 0. The number of rotatable bonds is 7. The van der Waals surface area contributed by atoms with Crippen molar-refractivity contribution in [1.82, 2.24) is 4.90 Å². The molecule has 24 heavy (non-hydrogen) atoms. The van der Waals surface area contributed by atoms with Gasteiger partial charge in [-0.15, -0.1) is 0 Å². The molecular weight excluding hydrogens is 298 g/mol. The summed E-state index contributed by atoms with van der Waals surface area (Å²) in [5, 5.41) is 0. The van der Waals surface area contributed by atoms with Crippen LogP contribution in [0.4, 0.5) is 0 Å². The van der Waals surface area contributed by atoms with E-state index in [0.717, 1.165) is 19.3 Å². The molecule has 0 fully saturated rings. The van der Waals surface area contributed by atoms with Gasteiger partial charge in [0, 0.05) is 12.2 Å². The largest absolute Gasteiger partial charge is 0.269 e. The second-order valence-corrected chi connectivity index (χ2v) is 6.99. The molecule has 0 saturated carbocycles. The molecule has 0 bridgehead atoms. The number of fused-ring (bicyclic) bond motifs is 1. The van der Waals surface area contributed by atoms with E-state index in [4.69, 9.17) is 0 Å². The summed E-state index contributed by atoms with van der Waals surface area (Å²) in [5.74, 6) is 0.149. The first-order valence-electron chi connectivity index (χ1n) is 9.34. The van der Waals surface area contributed by atoms with Gasteiger partial charge in [-0.2, -0.15) is 0 Å². The van der Waals surface area contributed by atoms with Gasteiger partial charge < -0.3 is 0 Å². The standard InChI is InChI=1S/C21H27NO2/c1-3-5-8-15-10-7-11-17-18(22-19(23)12-13-20(22)24)14-16(21(15)17)9-6-4-2/h7,10-13,16,18H,3-6,8-9,14H2,1-2H3/t16-,18-/m0/s1. The van der Waals surface area contributed by atoms with Crippen LogP contribution in [0.25, 0.3) is 0 Å². The van der Waals surface area contributed by atoms with E-state index < -0.39 is 0 Å². The lowest BCUT2D eigenvalue weighted by Gasteiger charge is -2.23. The molecular formula is C21H27NO2. The summed E-state index contributed by atoms with van der Waals surface area (Å²) in [4.78, 5) is 25.8. The highest BCUT2D eigenvalue weighted by Gasteiger charge is 2.40. The second kappa shape index (κ2) is 7.33. The normalized spacial score (nSPS) is 22.5. The maximum absolute atomic E-state index is 12.2.